The van der Waals surface area contributed by atoms with Crippen LogP contribution in [-0.4, -0.2) is 19.2 Å². The lowest BCUT2D eigenvalue weighted by molar-refractivity contribution is -0.126. The van der Waals surface area contributed by atoms with Crippen molar-refractivity contribution < 1.29 is 14.3 Å². The maximum atomic E-state index is 11.9. The Bertz CT molecular complexity index is 857. The molecule has 140 valence electrons. The molecule has 0 aromatic heterocycles. The molecule has 6 heteroatoms. The van der Waals surface area contributed by atoms with Crippen molar-refractivity contribution in [3.8, 4) is 11.5 Å². The molecule has 5 nitrogen and oxygen atoms in total. The molecule has 1 amide bonds. The van der Waals surface area contributed by atoms with Crippen molar-refractivity contribution in [1.29, 1.82) is 0 Å². The zero-order chi connectivity index (χ0) is 19.2. The van der Waals surface area contributed by atoms with Crippen LogP contribution in [0.5, 0.6) is 11.5 Å². The zero-order valence-corrected chi connectivity index (χ0v) is 16.7. The van der Waals surface area contributed by atoms with Gasteiger partial charge in [-0.15, -0.1) is 0 Å². The lowest BCUT2D eigenvalue weighted by atomic mass is 9.81. The number of rotatable bonds is 7. The maximum Gasteiger partial charge on any atom is 0.243 e. The molecule has 3 rings (SSSR count). The summed E-state index contributed by atoms with van der Waals surface area (Å²) in [7, 11) is 1.59. The zero-order valence-electron chi connectivity index (χ0n) is 15.1. The van der Waals surface area contributed by atoms with Crippen LogP contribution >= 0.6 is 15.9 Å². The van der Waals surface area contributed by atoms with Gasteiger partial charge >= 0.3 is 0 Å². The van der Waals surface area contributed by atoms with Gasteiger partial charge < -0.3 is 9.47 Å². The third kappa shape index (κ3) is 4.98. The van der Waals surface area contributed by atoms with E-state index in [0.717, 1.165) is 34.0 Å². The molecule has 0 atom stereocenters. The van der Waals surface area contributed by atoms with Crippen LogP contribution in [0.3, 0.4) is 0 Å². The molecule has 0 spiro atoms. The summed E-state index contributed by atoms with van der Waals surface area (Å²) in [4.78, 5) is 11.9. The van der Waals surface area contributed by atoms with E-state index in [1.807, 2.05) is 42.5 Å². The Morgan fingerprint density at radius 1 is 1.33 bits per heavy atom. The van der Waals surface area contributed by atoms with Gasteiger partial charge in [-0.05, 0) is 52.0 Å². The topological polar surface area (TPSA) is 59.9 Å². The third-order valence-corrected chi connectivity index (χ3v) is 4.90. The number of carbonyl (C=O) groups is 1. The molecule has 1 fully saturated rings. The van der Waals surface area contributed by atoms with Gasteiger partial charge in [-0.25, -0.2) is 5.43 Å². The van der Waals surface area contributed by atoms with Gasteiger partial charge in [0.15, 0.2) is 11.5 Å². The first-order chi connectivity index (χ1) is 13.1. The SMILES string of the molecule is C=C1CC(C(=O)N/N=C\c2cc(Br)c(OCc3ccccc3)c(OC)c2)C1. The number of nitrogens with one attached hydrogen (secondary N) is 1. The smallest absolute Gasteiger partial charge is 0.243 e. The van der Waals surface area contributed by atoms with Gasteiger partial charge in [0.25, 0.3) is 0 Å². The second-order valence-corrected chi connectivity index (χ2v) is 7.25. The molecule has 1 N–H and O–H groups in total. The lowest BCUT2D eigenvalue weighted by Crippen LogP contribution is -2.32. The standard InChI is InChI=1S/C21H21BrN2O3/c1-14-8-17(9-14)21(25)24-23-12-16-10-18(22)20(19(11-16)26-2)27-13-15-6-4-3-5-7-15/h3-7,10-12,17H,1,8-9,13H2,2H3,(H,24,25)/b23-12-. The average Bonchev–Trinajstić information content (AvgIpc) is 2.65. The number of methoxy groups -OCH3 is 1. The summed E-state index contributed by atoms with van der Waals surface area (Å²) < 4.78 is 12.1. The quantitative estimate of drug-likeness (QED) is 0.402. The summed E-state index contributed by atoms with van der Waals surface area (Å²) in [5, 5.41) is 4.04. The van der Waals surface area contributed by atoms with Crippen molar-refractivity contribution in [1.82, 2.24) is 5.43 Å². The minimum Gasteiger partial charge on any atom is -0.493 e. The van der Waals surface area contributed by atoms with Crippen LogP contribution < -0.4 is 14.9 Å². The lowest BCUT2D eigenvalue weighted by Gasteiger charge is -2.25. The van der Waals surface area contributed by atoms with Crippen molar-refractivity contribution >= 4 is 28.1 Å². The van der Waals surface area contributed by atoms with Gasteiger partial charge in [0.1, 0.15) is 6.61 Å². The second kappa shape index (κ2) is 8.86. The highest BCUT2D eigenvalue weighted by molar-refractivity contribution is 9.10. The minimum absolute atomic E-state index is 0.00955. The second-order valence-electron chi connectivity index (χ2n) is 6.40. The number of nitrogens with zero attached hydrogens (tertiary/aromatic N) is 1. The molecule has 0 radical (unpaired) electrons. The van der Waals surface area contributed by atoms with Crippen LogP contribution in [0, 0.1) is 5.92 Å². The van der Waals surface area contributed by atoms with Crippen LogP contribution in [0.4, 0.5) is 0 Å². The van der Waals surface area contributed by atoms with E-state index in [2.05, 4.69) is 33.0 Å². The molecular weight excluding hydrogens is 408 g/mol. The Kier molecular flexibility index (Phi) is 6.29. The summed E-state index contributed by atoms with van der Waals surface area (Å²) in [6, 6.07) is 13.6. The van der Waals surface area contributed by atoms with Crippen LogP contribution in [-0.2, 0) is 11.4 Å². The first-order valence-electron chi connectivity index (χ1n) is 8.60. The first-order valence-corrected chi connectivity index (χ1v) is 9.40. The minimum atomic E-state index is -0.0764. The molecule has 1 aliphatic carbocycles. The fourth-order valence-electron chi connectivity index (χ4n) is 2.77. The van der Waals surface area contributed by atoms with E-state index in [1.165, 1.54) is 0 Å². The summed E-state index contributed by atoms with van der Waals surface area (Å²) in [5.41, 5.74) is 5.53. The van der Waals surface area contributed by atoms with Crippen molar-refractivity contribution in [2.24, 2.45) is 11.0 Å². The van der Waals surface area contributed by atoms with Gasteiger partial charge in [-0.2, -0.15) is 5.10 Å². The van der Waals surface area contributed by atoms with E-state index >= 15 is 0 Å². The molecule has 1 aliphatic rings. The van der Waals surface area contributed by atoms with Crippen LogP contribution in [0.25, 0.3) is 0 Å². The fraction of sp³-hybridized carbons (Fsp3) is 0.238. The number of amides is 1. The highest BCUT2D eigenvalue weighted by Gasteiger charge is 2.28. The van der Waals surface area contributed by atoms with E-state index < -0.39 is 0 Å². The Hall–Kier alpha value is -2.60. The summed E-state index contributed by atoms with van der Waals surface area (Å²) in [6.07, 6.45) is 3.07. The van der Waals surface area contributed by atoms with Gasteiger partial charge in [-0.1, -0.05) is 42.5 Å². The van der Waals surface area contributed by atoms with Crippen LogP contribution in [0.15, 0.2) is 64.2 Å². The summed E-state index contributed by atoms with van der Waals surface area (Å²) in [6.45, 7) is 4.28. The van der Waals surface area contributed by atoms with E-state index in [1.54, 1.807) is 13.3 Å². The Morgan fingerprint density at radius 2 is 2.07 bits per heavy atom. The van der Waals surface area contributed by atoms with E-state index in [0.29, 0.717) is 18.1 Å². The van der Waals surface area contributed by atoms with Crippen LogP contribution in [0.1, 0.15) is 24.0 Å². The van der Waals surface area contributed by atoms with E-state index in [4.69, 9.17) is 9.47 Å². The van der Waals surface area contributed by atoms with Gasteiger partial charge in [0.2, 0.25) is 5.91 Å². The predicted octanol–water partition coefficient (Wildman–Crippen LogP) is 4.45. The van der Waals surface area contributed by atoms with Gasteiger partial charge in [0.05, 0.1) is 17.8 Å². The van der Waals surface area contributed by atoms with Gasteiger partial charge in [0, 0.05) is 5.92 Å². The molecule has 0 aliphatic heterocycles. The predicted molar refractivity (Wildman–Crippen MR) is 109 cm³/mol. The number of allylic oxidation sites excluding steroid dienone is 1. The molecule has 27 heavy (non-hydrogen) atoms. The Labute approximate surface area is 167 Å². The summed E-state index contributed by atoms with van der Waals surface area (Å²) >= 11 is 3.52. The van der Waals surface area contributed by atoms with E-state index in [-0.39, 0.29) is 11.8 Å². The molecule has 1 saturated carbocycles. The number of hydrogen-bond acceptors (Lipinski definition) is 4. The highest BCUT2D eigenvalue weighted by Crippen LogP contribution is 2.37. The molecular formula is C21H21BrN2O3. The molecule has 0 saturated heterocycles. The van der Waals surface area contributed by atoms with Crippen molar-refractivity contribution in [3.63, 3.8) is 0 Å². The average molecular weight is 429 g/mol. The Balaban J connectivity index is 1.65. The third-order valence-electron chi connectivity index (χ3n) is 4.31. The molecule has 2 aromatic carbocycles. The number of carbonyl (C=O) groups excluding carboxylic acids is 1. The summed E-state index contributed by atoms with van der Waals surface area (Å²) in [5.74, 6) is 1.12. The van der Waals surface area contributed by atoms with Crippen LogP contribution in [0.2, 0.25) is 0 Å². The van der Waals surface area contributed by atoms with Gasteiger partial charge in [-0.3, -0.25) is 4.79 Å². The highest BCUT2D eigenvalue weighted by atomic mass is 79.9. The number of halogens is 1. The van der Waals surface area contributed by atoms with E-state index in [9.17, 15) is 4.79 Å². The largest absolute Gasteiger partial charge is 0.493 e. The monoisotopic (exact) mass is 428 g/mol. The first kappa shape index (κ1) is 19.2. The van der Waals surface area contributed by atoms with Crippen molar-refractivity contribution in [2.75, 3.05) is 7.11 Å². The molecule has 0 heterocycles. The Morgan fingerprint density at radius 3 is 2.74 bits per heavy atom. The molecule has 0 unspecified atom stereocenters. The maximum absolute atomic E-state index is 11.9. The molecule has 0 bridgehead atoms. The number of ether oxygens (including phenoxy) is 2. The number of benzene rings is 2. The number of hydrazone groups is 1. The van der Waals surface area contributed by atoms with Crippen molar-refractivity contribution in [2.45, 2.75) is 19.4 Å². The number of hydrogen-bond donors (Lipinski definition) is 1. The fourth-order valence-corrected chi connectivity index (χ4v) is 3.34. The molecule has 2 aromatic rings. The van der Waals surface area contributed by atoms with Crippen molar-refractivity contribution in [3.05, 3.63) is 70.2 Å². The normalized spacial score (nSPS) is 14.1.